The number of likely N-dealkylation sites (N-methyl/N-ethyl adjacent to an activating group) is 1. The van der Waals surface area contributed by atoms with E-state index in [-0.39, 0.29) is 11.3 Å². The van der Waals surface area contributed by atoms with Crippen LogP contribution in [0.2, 0.25) is 0 Å². The van der Waals surface area contributed by atoms with Crippen molar-refractivity contribution >= 4 is 37.8 Å². The minimum Gasteiger partial charge on any atom is -0.284 e. The number of imide groups is 1. The van der Waals surface area contributed by atoms with Gasteiger partial charge in [0, 0.05) is 11.5 Å². The van der Waals surface area contributed by atoms with E-state index >= 15 is 0 Å². The minimum absolute atomic E-state index is 0.0386. The minimum atomic E-state index is -3.83. The van der Waals surface area contributed by atoms with Crippen molar-refractivity contribution in [2.45, 2.75) is 17.4 Å². The number of rotatable bonds is 3. The standard InChI is InChI=1S/C11H11BrN2O4S/c1-14-10(15)6-9(11(14)16)13-19(17,18)8-4-2-3-7(12)5-8/h2-5,9,13H,6H2,1H3. The van der Waals surface area contributed by atoms with Crippen LogP contribution in [-0.4, -0.2) is 38.2 Å². The van der Waals surface area contributed by atoms with Gasteiger partial charge < -0.3 is 0 Å². The Kier molecular flexibility index (Phi) is 3.75. The van der Waals surface area contributed by atoms with E-state index in [1.165, 1.54) is 19.2 Å². The molecule has 1 aliphatic rings. The van der Waals surface area contributed by atoms with Crippen LogP contribution in [0.5, 0.6) is 0 Å². The lowest BCUT2D eigenvalue weighted by atomic mass is 10.3. The highest BCUT2D eigenvalue weighted by Crippen LogP contribution is 2.18. The van der Waals surface area contributed by atoms with Crippen LogP contribution in [0.3, 0.4) is 0 Å². The van der Waals surface area contributed by atoms with Gasteiger partial charge in [0.15, 0.2) is 0 Å². The lowest BCUT2D eigenvalue weighted by Gasteiger charge is -2.11. The summed E-state index contributed by atoms with van der Waals surface area (Å²) in [6, 6.07) is 5.08. The molecule has 0 saturated carbocycles. The van der Waals surface area contributed by atoms with Crippen LogP contribution in [-0.2, 0) is 19.6 Å². The van der Waals surface area contributed by atoms with Crippen molar-refractivity contribution in [3.63, 3.8) is 0 Å². The number of hydrogen-bond acceptors (Lipinski definition) is 4. The van der Waals surface area contributed by atoms with Crippen LogP contribution in [0, 0.1) is 0 Å². The molecular weight excluding hydrogens is 336 g/mol. The summed E-state index contributed by atoms with van der Waals surface area (Å²) < 4.78 is 27.0. The molecular formula is C11H11BrN2O4S. The third-order valence-corrected chi connectivity index (χ3v) is 4.75. The second-order valence-electron chi connectivity index (χ2n) is 4.13. The molecule has 0 aromatic heterocycles. The van der Waals surface area contributed by atoms with E-state index < -0.39 is 27.9 Å². The molecule has 0 aliphatic carbocycles. The fourth-order valence-corrected chi connectivity index (χ4v) is 3.52. The zero-order chi connectivity index (χ0) is 14.2. The number of sulfonamides is 1. The molecule has 0 radical (unpaired) electrons. The molecule has 1 heterocycles. The second-order valence-corrected chi connectivity index (χ2v) is 6.76. The highest BCUT2D eigenvalue weighted by molar-refractivity contribution is 9.10. The molecule has 19 heavy (non-hydrogen) atoms. The first-order valence-corrected chi connectivity index (χ1v) is 7.67. The summed E-state index contributed by atoms with van der Waals surface area (Å²) in [6.07, 6.45) is -0.150. The maximum absolute atomic E-state index is 12.1. The van der Waals surface area contributed by atoms with Gasteiger partial charge in [-0.3, -0.25) is 14.5 Å². The zero-order valence-corrected chi connectivity index (χ0v) is 12.4. The first-order chi connectivity index (χ1) is 8.81. The Morgan fingerprint density at radius 2 is 2.05 bits per heavy atom. The highest BCUT2D eigenvalue weighted by Gasteiger charge is 2.38. The smallest absolute Gasteiger partial charge is 0.247 e. The van der Waals surface area contributed by atoms with Gasteiger partial charge >= 0.3 is 0 Å². The van der Waals surface area contributed by atoms with Gasteiger partial charge in [-0.2, -0.15) is 4.72 Å². The van der Waals surface area contributed by atoms with Crippen LogP contribution < -0.4 is 4.72 Å². The molecule has 1 saturated heterocycles. The number of likely N-dealkylation sites (tertiary alicyclic amines) is 1. The van der Waals surface area contributed by atoms with E-state index in [1.807, 2.05) is 0 Å². The number of halogens is 1. The predicted molar refractivity (Wildman–Crippen MR) is 70.6 cm³/mol. The molecule has 1 unspecified atom stereocenters. The van der Waals surface area contributed by atoms with Crippen LogP contribution in [0.15, 0.2) is 33.6 Å². The van der Waals surface area contributed by atoms with Gasteiger partial charge in [0.2, 0.25) is 21.8 Å². The molecule has 1 atom stereocenters. The molecule has 0 bridgehead atoms. The molecule has 2 rings (SSSR count). The van der Waals surface area contributed by atoms with Gasteiger partial charge in [0.25, 0.3) is 0 Å². The summed E-state index contributed by atoms with van der Waals surface area (Å²) >= 11 is 3.18. The summed E-state index contributed by atoms with van der Waals surface area (Å²) in [6.45, 7) is 0. The normalized spacial score (nSPS) is 20.1. The number of carbonyl (C=O) groups is 2. The first-order valence-electron chi connectivity index (χ1n) is 5.39. The molecule has 2 amide bonds. The van der Waals surface area contributed by atoms with Crippen molar-refractivity contribution in [2.75, 3.05) is 7.05 Å². The number of carbonyl (C=O) groups excluding carboxylic acids is 2. The van der Waals surface area contributed by atoms with E-state index in [4.69, 9.17) is 0 Å². The van der Waals surface area contributed by atoms with Crippen LogP contribution in [0.25, 0.3) is 0 Å². The lowest BCUT2D eigenvalue weighted by Crippen LogP contribution is -2.40. The molecule has 1 aliphatic heterocycles. The quantitative estimate of drug-likeness (QED) is 0.807. The largest absolute Gasteiger partial charge is 0.284 e. The molecule has 1 aromatic carbocycles. The Bertz CT molecular complexity index is 644. The van der Waals surface area contributed by atoms with E-state index in [0.29, 0.717) is 4.47 Å². The summed E-state index contributed by atoms with van der Waals surface area (Å²) in [5.74, 6) is -0.935. The molecule has 1 fully saturated rings. The topological polar surface area (TPSA) is 83.6 Å². The zero-order valence-electron chi connectivity index (χ0n) is 9.96. The molecule has 1 N–H and O–H groups in total. The number of nitrogens with zero attached hydrogens (tertiary/aromatic N) is 1. The number of amides is 2. The van der Waals surface area contributed by atoms with Crippen molar-refractivity contribution in [3.05, 3.63) is 28.7 Å². The third-order valence-electron chi connectivity index (χ3n) is 2.79. The van der Waals surface area contributed by atoms with Gasteiger partial charge in [-0.1, -0.05) is 22.0 Å². The Morgan fingerprint density at radius 3 is 2.58 bits per heavy atom. The fourth-order valence-electron chi connectivity index (χ4n) is 1.74. The molecule has 0 spiro atoms. The van der Waals surface area contributed by atoms with E-state index in [9.17, 15) is 18.0 Å². The van der Waals surface area contributed by atoms with Crippen molar-refractivity contribution in [1.82, 2.24) is 9.62 Å². The Hall–Kier alpha value is -1.25. The average Bonchev–Trinajstić information content (AvgIpc) is 2.57. The summed E-state index contributed by atoms with van der Waals surface area (Å²) in [7, 11) is -2.49. The summed E-state index contributed by atoms with van der Waals surface area (Å²) in [5, 5.41) is 0. The van der Waals surface area contributed by atoms with Crippen molar-refractivity contribution in [1.29, 1.82) is 0 Å². The Labute approximate surface area is 119 Å². The van der Waals surface area contributed by atoms with E-state index in [1.54, 1.807) is 12.1 Å². The van der Waals surface area contributed by atoms with Crippen LogP contribution in [0.4, 0.5) is 0 Å². The van der Waals surface area contributed by atoms with Gasteiger partial charge in [0.05, 0.1) is 11.3 Å². The van der Waals surface area contributed by atoms with Crippen molar-refractivity contribution < 1.29 is 18.0 Å². The highest BCUT2D eigenvalue weighted by atomic mass is 79.9. The predicted octanol–water partition coefficient (Wildman–Crippen LogP) is 0.485. The second kappa shape index (κ2) is 5.03. The van der Waals surface area contributed by atoms with Gasteiger partial charge in [-0.05, 0) is 18.2 Å². The maximum Gasteiger partial charge on any atom is 0.247 e. The molecule has 1 aromatic rings. The average molecular weight is 347 g/mol. The number of benzene rings is 1. The molecule has 6 nitrogen and oxygen atoms in total. The van der Waals surface area contributed by atoms with Crippen molar-refractivity contribution in [3.8, 4) is 0 Å². The molecule has 102 valence electrons. The first kappa shape index (κ1) is 14.2. The lowest BCUT2D eigenvalue weighted by molar-refractivity contribution is -0.137. The van der Waals surface area contributed by atoms with Crippen LogP contribution in [0.1, 0.15) is 6.42 Å². The monoisotopic (exact) mass is 346 g/mol. The Morgan fingerprint density at radius 1 is 1.37 bits per heavy atom. The molecule has 8 heteroatoms. The van der Waals surface area contributed by atoms with Gasteiger partial charge in [-0.25, -0.2) is 8.42 Å². The number of hydrogen-bond donors (Lipinski definition) is 1. The van der Waals surface area contributed by atoms with Crippen LogP contribution >= 0.6 is 15.9 Å². The van der Waals surface area contributed by atoms with Gasteiger partial charge in [-0.15, -0.1) is 0 Å². The van der Waals surface area contributed by atoms with E-state index in [2.05, 4.69) is 20.7 Å². The maximum atomic E-state index is 12.1. The summed E-state index contributed by atoms with van der Waals surface area (Å²) in [5.41, 5.74) is 0. The van der Waals surface area contributed by atoms with Gasteiger partial charge in [0.1, 0.15) is 6.04 Å². The Balaban J connectivity index is 2.24. The third kappa shape index (κ3) is 2.85. The SMILES string of the molecule is CN1C(=O)CC(NS(=O)(=O)c2cccc(Br)c2)C1=O. The number of nitrogens with one attached hydrogen (secondary N) is 1. The summed E-state index contributed by atoms with van der Waals surface area (Å²) in [4.78, 5) is 24.0. The van der Waals surface area contributed by atoms with Crippen molar-refractivity contribution in [2.24, 2.45) is 0 Å². The fraction of sp³-hybridized carbons (Fsp3) is 0.273. The van der Waals surface area contributed by atoms with E-state index in [0.717, 1.165) is 4.90 Å².